The molecule has 1 saturated heterocycles. The minimum Gasteiger partial charge on any atom is -0.480 e. The van der Waals surface area contributed by atoms with Gasteiger partial charge in [0.25, 0.3) is 0 Å². The maximum atomic E-state index is 12.0. The first kappa shape index (κ1) is 16.2. The number of carboxylic acids is 1. The van der Waals surface area contributed by atoms with Crippen LogP contribution in [0.15, 0.2) is 0 Å². The lowest BCUT2D eigenvalue weighted by molar-refractivity contribution is -0.143. The van der Waals surface area contributed by atoms with E-state index < -0.39 is 30.4 Å². The predicted octanol–water partition coefficient (Wildman–Crippen LogP) is -1.06. The zero-order chi connectivity index (χ0) is 15.3. The molecule has 3 amide bonds. The minimum atomic E-state index is -1.30. The number of likely N-dealkylation sites (tertiary alicyclic amines) is 1. The second-order valence-electron chi connectivity index (χ2n) is 5.04. The first-order chi connectivity index (χ1) is 9.36. The van der Waals surface area contributed by atoms with Crippen LogP contribution in [-0.2, 0) is 9.59 Å². The van der Waals surface area contributed by atoms with Gasteiger partial charge in [0.05, 0.1) is 12.5 Å². The fourth-order valence-corrected chi connectivity index (χ4v) is 2.12. The van der Waals surface area contributed by atoms with Crippen LogP contribution in [0.3, 0.4) is 0 Å². The van der Waals surface area contributed by atoms with Crippen LogP contribution in [0.1, 0.15) is 12.8 Å². The van der Waals surface area contributed by atoms with Gasteiger partial charge in [0, 0.05) is 27.2 Å². The van der Waals surface area contributed by atoms with Crippen molar-refractivity contribution in [1.82, 2.24) is 15.1 Å². The third-order valence-corrected chi connectivity index (χ3v) is 3.24. The van der Waals surface area contributed by atoms with Gasteiger partial charge in [0.1, 0.15) is 6.04 Å². The monoisotopic (exact) mass is 287 g/mol. The lowest BCUT2D eigenvalue weighted by Crippen LogP contribution is -2.51. The van der Waals surface area contributed by atoms with Crippen molar-refractivity contribution in [3.8, 4) is 0 Å². The summed E-state index contributed by atoms with van der Waals surface area (Å²) in [6.45, 7) is 0.192. The van der Waals surface area contributed by atoms with Crippen molar-refractivity contribution in [3.05, 3.63) is 0 Å². The number of urea groups is 1. The molecule has 2 atom stereocenters. The van der Waals surface area contributed by atoms with Gasteiger partial charge in [-0.25, -0.2) is 9.59 Å². The molecule has 1 aliphatic rings. The van der Waals surface area contributed by atoms with E-state index in [0.29, 0.717) is 19.4 Å². The molecule has 3 N–H and O–H groups in total. The van der Waals surface area contributed by atoms with Gasteiger partial charge < -0.3 is 25.3 Å². The van der Waals surface area contributed by atoms with Gasteiger partial charge in [-0.2, -0.15) is 0 Å². The molecule has 8 nitrogen and oxygen atoms in total. The van der Waals surface area contributed by atoms with E-state index in [1.54, 1.807) is 19.0 Å². The Bertz CT molecular complexity index is 385. The Kier molecular flexibility index (Phi) is 5.75. The van der Waals surface area contributed by atoms with Gasteiger partial charge >= 0.3 is 12.0 Å². The van der Waals surface area contributed by atoms with Crippen LogP contribution in [0, 0.1) is 5.92 Å². The Hall–Kier alpha value is -1.83. The number of aliphatic carboxylic acids is 1. The normalized spacial score (nSPS) is 20.1. The van der Waals surface area contributed by atoms with Crippen molar-refractivity contribution in [2.75, 3.05) is 33.8 Å². The first-order valence-electron chi connectivity index (χ1n) is 6.47. The van der Waals surface area contributed by atoms with E-state index in [1.165, 1.54) is 4.90 Å². The molecule has 20 heavy (non-hydrogen) atoms. The standard InChI is InChI=1S/C12H21N3O5/c1-14(2)12(20)15-5-3-4-8(6-15)10(17)13-9(7-16)11(18)19/h8-9,16H,3-7H2,1-2H3,(H,13,17)(H,18,19). The lowest BCUT2D eigenvalue weighted by atomic mass is 9.97. The number of piperidine rings is 1. The highest BCUT2D eigenvalue weighted by molar-refractivity contribution is 5.85. The highest BCUT2D eigenvalue weighted by atomic mass is 16.4. The number of rotatable bonds is 4. The van der Waals surface area contributed by atoms with E-state index in [0.717, 1.165) is 0 Å². The Morgan fingerprint density at radius 2 is 2.05 bits per heavy atom. The average molecular weight is 287 g/mol. The number of nitrogens with one attached hydrogen (secondary N) is 1. The van der Waals surface area contributed by atoms with Crippen molar-refractivity contribution in [3.63, 3.8) is 0 Å². The van der Waals surface area contributed by atoms with E-state index >= 15 is 0 Å². The highest BCUT2D eigenvalue weighted by Gasteiger charge is 2.31. The molecule has 1 aliphatic heterocycles. The topological polar surface area (TPSA) is 110 Å². The fraction of sp³-hybridized carbons (Fsp3) is 0.750. The second kappa shape index (κ2) is 7.09. The lowest BCUT2D eigenvalue weighted by Gasteiger charge is -2.34. The number of carbonyl (C=O) groups excluding carboxylic acids is 2. The van der Waals surface area contributed by atoms with Gasteiger partial charge in [-0.3, -0.25) is 4.79 Å². The molecule has 0 bridgehead atoms. The number of hydrogen-bond donors (Lipinski definition) is 3. The maximum Gasteiger partial charge on any atom is 0.328 e. The van der Waals surface area contributed by atoms with E-state index in [1.807, 2.05) is 0 Å². The molecule has 0 aromatic rings. The summed E-state index contributed by atoms with van der Waals surface area (Å²) in [7, 11) is 3.27. The molecular formula is C12H21N3O5. The highest BCUT2D eigenvalue weighted by Crippen LogP contribution is 2.17. The van der Waals surface area contributed by atoms with Crippen LogP contribution in [0.5, 0.6) is 0 Å². The SMILES string of the molecule is CN(C)C(=O)N1CCCC(C(=O)NC(CO)C(=O)O)C1. The number of aliphatic hydroxyl groups excluding tert-OH is 1. The Labute approximate surface area is 117 Å². The predicted molar refractivity (Wildman–Crippen MR) is 70.0 cm³/mol. The number of carboxylic acid groups (broad SMARTS) is 1. The van der Waals surface area contributed by atoms with Gasteiger partial charge in [-0.1, -0.05) is 0 Å². The van der Waals surface area contributed by atoms with E-state index in [-0.39, 0.29) is 12.6 Å². The molecule has 0 spiro atoms. The Balaban J connectivity index is 2.60. The van der Waals surface area contributed by atoms with Gasteiger partial charge in [-0.05, 0) is 12.8 Å². The summed E-state index contributed by atoms with van der Waals surface area (Å²) in [5, 5.41) is 20.0. The van der Waals surface area contributed by atoms with E-state index in [2.05, 4.69) is 5.32 Å². The molecule has 0 radical (unpaired) electrons. The Morgan fingerprint density at radius 3 is 2.55 bits per heavy atom. The van der Waals surface area contributed by atoms with Crippen molar-refractivity contribution >= 4 is 17.9 Å². The third-order valence-electron chi connectivity index (χ3n) is 3.24. The molecular weight excluding hydrogens is 266 g/mol. The summed E-state index contributed by atoms with van der Waals surface area (Å²) in [5.74, 6) is -2.17. The summed E-state index contributed by atoms with van der Waals surface area (Å²) >= 11 is 0. The summed E-state index contributed by atoms with van der Waals surface area (Å²) in [6.07, 6.45) is 1.29. The number of hydrogen-bond acceptors (Lipinski definition) is 4. The molecule has 0 aromatic carbocycles. The third kappa shape index (κ3) is 4.09. The molecule has 0 saturated carbocycles. The number of amides is 3. The summed E-state index contributed by atoms with van der Waals surface area (Å²) in [4.78, 5) is 37.6. The van der Waals surface area contributed by atoms with Crippen LogP contribution in [0.25, 0.3) is 0 Å². The van der Waals surface area contributed by atoms with E-state index in [4.69, 9.17) is 10.2 Å². The molecule has 0 aliphatic carbocycles. The molecule has 114 valence electrons. The van der Waals surface area contributed by atoms with Crippen LogP contribution >= 0.6 is 0 Å². The zero-order valence-corrected chi connectivity index (χ0v) is 11.7. The molecule has 1 fully saturated rings. The first-order valence-corrected chi connectivity index (χ1v) is 6.47. The average Bonchev–Trinajstić information content (AvgIpc) is 2.43. The summed E-state index contributed by atoms with van der Waals surface area (Å²) in [6, 6.07) is -1.47. The van der Waals surface area contributed by atoms with Crippen molar-refractivity contribution in [2.24, 2.45) is 5.92 Å². The summed E-state index contributed by atoms with van der Waals surface area (Å²) in [5.41, 5.74) is 0. The van der Waals surface area contributed by atoms with Gasteiger partial charge in [0.15, 0.2) is 0 Å². The summed E-state index contributed by atoms with van der Waals surface area (Å²) < 4.78 is 0. The van der Waals surface area contributed by atoms with Crippen LogP contribution in [-0.4, -0.2) is 77.8 Å². The minimum absolute atomic E-state index is 0.167. The fourth-order valence-electron chi connectivity index (χ4n) is 2.12. The smallest absolute Gasteiger partial charge is 0.328 e. The van der Waals surface area contributed by atoms with Crippen LogP contribution < -0.4 is 5.32 Å². The van der Waals surface area contributed by atoms with Crippen LogP contribution in [0.2, 0.25) is 0 Å². The number of carbonyl (C=O) groups is 3. The van der Waals surface area contributed by atoms with Crippen molar-refractivity contribution in [2.45, 2.75) is 18.9 Å². The molecule has 1 heterocycles. The van der Waals surface area contributed by atoms with Gasteiger partial charge in [0.2, 0.25) is 5.91 Å². The number of nitrogens with zero attached hydrogens (tertiary/aromatic N) is 2. The quantitative estimate of drug-likeness (QED) is 0.610. The molecule has 0 aromatic heterocycles. The zero-order valence-electron chi connectivity index (χ0n) is 11.7. The largest absolute Gasteiger partial charge is 0.480 e. The van der Waals surface area contributed by atoms with Gasteiger partial charge in [-0.15, -0.1) is 0 Å². The second-order valence-corrected chi connectivity index (χ2v) is 5.04. The Morgan fingerprint density at radius 1 is 1.40 bits per heavy atom. The van der Waals surface area contributed by atoms with Crippen LogP contribution in [0.4, 0.5) is 4.79 Å². The van der Waals surface area contributed by atoms with Crippen molar-refractivity contribution < 1.29 is 24.6 Å². The number of aliphatic hydroxyl groups is 1. The maximum absolute atomic E-state index is 12.0. The molecule has 2 unspecified atom stereocenters. The molecule has 1 rings (SSSR count). The molecule has 8 heteroatoms. The van der Waals surface area contributed by atoms with Crippen molar-refractivity contribution in [1.29, 1.82) is 0 Å². The van der Waals surface area contributed by atoms with E-state index in [9.17, 15) is 14.4 Å².